The van der Waals surface area contributed by atoms with Gasteiger partial charge in [-0.15, -0.1) is 0 Å². The van der Waals surface area contributed by atoms with E-state index in [2.05, 4.69) is 33.1 Å². The molecule has 4 nitrogen and oxygen atoms in total. The second kappa shape index (κ2) is 8.09. The fourth-order valence-corrected chi connectivity index (χ4v) is 3.23. The molecule has 2 atom stereocenters. The van der Waals surface area contributed by atoms with Crippen molar-refractivity contribution in [1.29, 1.82) is 0 Å². The molecule has 1 saturated heterocycles. The van der Waals surface area contributed by atoms with Crippen LogP contribution in [0.3, 0.4) is 0 Å². The number of hydrogen-bond donors (Lipinski definition) is 2. The number of likely N-dealkylation sites (tertiary alicyclic amines) is 1. The summed E-state index contributed by atoms with van der Waals surface area (Å²) in [5.41, 5.74) is 7.07. The monoisotopic (exact) mass is 367 g/mol. The molecule has 3 N–H and O–H groups in total. The SMILES string of the molecule is CC(NC(=O)CN1CCC(C(C)N)CC1)c1ccc(Br)cc1. The predicted molar refractivity (Wildman–Crippen MR) is 93.5 cm³/mol. The molecule has 0 aliphatic carbocycles. The molecule has 1 amide bonds. The van der Waals surface area contributed by atoms with E-state index in [-0.39, 0.29) is 18.0 Å². The van der Waals surface area contributed by atoms with Gasteiger partial charge in [0.1, 0.15) is 0 Å². The lowest BCUT2D eigenvalue weighted by Crippen LogP contribution is -2.44. The number of piperidine rings is 1. The van der Waals surface area contributed by atoms with E-state index in [4.69, 9.17) is 5.73 Å². The molecule has 122 valence electrons. The van der Waals surface area contributed by atoms with E-state index in [1.807, 2.05) is 31.2 Å². The molecule has 0 spiro atoms. The zero-order valence-corrected chi connectivity index (χ0v) is 15.0. The number of amides is 1. The van der Waals surface area contributed by atoms with Crippen LogP contribution in [0, 0.1) is 5.92 Å². The van der Waals surface area contributed by atoms with Crippen molar-refractivity contribution in [3.8, 4) is 0 Å². The van der Waals surface area contributed by atoms with E-state index in [1.54, 1.807) is 0 Å². The Balaban J connectivity index is 1.77. The third-order valence-corrected chi connectivity index (χ3v) is 5.02. The van der Waals surface area contributed by atoms with Crippen molar-refractivity contribution >= 4 is 21.8 Å². The van der Waals surface area contributed by atoms with Crippen LogP contribution < -0.4 is 11.1 Å². The van der Waals surface area contributed by atoms with E-state index in [0.29, 0.717) is 12.5 Å². The highest BCUT2D eigenvalue weighted by Gasteiger charge is 2.23. The molecular weight excluding hydrogens is 342 g/mol. The summed E-state index contributed by atoms with van der Waals surface area (Å²) < 4.78 is 1.05. The molecule has 2 rings (SSSR count). The molecule has 2 unspecified atom stereocenters. The van der Waals surface area contributed by atoms with Crippen molar-refractivity contribution in [2.24, 2.45) is 11.7 Å². The Morgan fingerprint density at radius 2 is 1.91 bits per heavy atom. The van der Waals surface area contributed by atoms with E-state index in [9.17, 15) is 4.79 Å². The molecule has 0 bridgehead atoms. The number of rotatable bonds is 5. The van der Waals surface area contributed by atoms with Crippen molar-refractivity contribution in [2.75, 3.05) is 19.6 Å². The summed E-state index contributed by atoms with van der Waals surface area (Å²) in [7, 11) is 0. The van der Waals surface area contributed by atoms with Crippen LogP contribution in [0.1, 0.15) is 38.3 Å². The molecule has 0 radical (unpaired) electrons. The van der Waals surface area contributed by atoms with Crippen LogP contribution in [0.25, 0.3) is 0 Å². The molecule has 1 aromatic rings. The Bertz CT molecular complexity index is 481. The number of benzene rings is 1. The van der Waals surface area contributed by atoms with Crippen LogP contribution >= 0.6 is 15.9 Å². The van der Waals surface area contributed by atoms with Crippen molar-refractivity contribution < 1.29 is 4.79 Å². The number of nitrogens with two attached hydrogens (primary N) is 1. The van der Waals surface area contributed by atoms with Crippen LogP contribution in [0.4, 0.5) is 0 Å². The molecule has 1 aliphatic rings. The summed E-state index contributed by atoms with van der Waals surface area (Å²) in [5, 5.41) is 3.08. The second-order valence-electron chi connectivity index (χ2n) is 6.31. The lowest BCUT2D eigenvalue weighted by molar-refractivity contribution is -0.123. The highest BCUT2D eigenvalue weighted by Crippen LogP contribution is 2.20. The molecule has 1 heterocycles. The molecular formula is C17H26BrN3O. The Labute approximate surface area is 141 Å². The Morgan fingerprint density at radius 1 is 1.32 bits per heavy atom. The summed E-state index contributed by atoms with van der Waals surface area (Å²) in [5.74, 6) is 0.690. The highest BCUT2D eigenvalue weighted by atomic mass is 79.9. The van der Waals surface area contributed by atoms with E-state index >= 15 is 0 Å². The molecule has 0 aromatic heterocycles. The van der Waals surface area contributed by atoms with Crippen LogP contribution in [-0.2, 0) is 4.79 Å². The van der Waals surface area contributed by atoms with Crippen molar-refractivity contribution in [1.82, 2.24) is 10.2 Å². The van der Waals surface area contributed by atoms with Crippen molar-refractivity contribution in [3.63, 3.8) is 0 Å². The minimum Gasteiger partial charge on any atom is -0.348 e. The Kier molecular flexibility index (Phi) is 6.41. The number of nitrogens with one attached hydrogen (secondary N) is 1. The molecule has 22 heavy (non-hydrogen) atoms. The van der Waals surface area contributed by atoms with Gasteiger partial charge in [0.2, 0.25) is 5.91 Å². The molecule has 1 fully saturated rings. The normalized spacial score (nSPS) is 19.6. The van der Waals surface area contributed by atoms with Gasteiger partial charge in [0, 0.05) is 10.5 Å². The summed E-state index contributed by atoms with van der Waals surface area (Å²) in [4.78, 5) is 14.4. The topological polar surface area (TPSA) is 58.4 Å². The molecule has 0 saturated carbocycles. The van der Waals surface area contributed by atoms with Crippen LogP contribution in [0.2, 0.25) is 0 Å². The van der Waals surface area contributed by atoms with Gasteiger partial charge in [-0.25, -0.2) is 0 Å². The zero-order valence-electron chi connectivity index (χ0n) is 13.4. The molecule has 5 heteroatoms. The number of hydrogen-bond acceptors (Lipinski definition) is 3. The van der Waals surface area contributed by atoms with E-state index < -0.39 is 0 Å². The highest BCUT2D eigenvalue weighted by molar-refractivity contribution is 9.10. The number of halogens is 1. The molecule has 1 aliphatic heterocycles. The smallest absolute Gasteiger partial charge is 0.234 e. The maximum atomic E-state index is 12.2. The minimum atomic E-state index is 0.0298. The summed E-state index contributed by atoms with van der Waals surface area (Å²) >= 11 is 3.42. The summed E-state index contributed by atoms with van der Waals surface area (Å²) in [6.07, 6.45) is 2.18. The quantitative estimate of drug-likeness (QED) is 0.840. The fourth-order valence-electron chi connectivity index (χ4n) is 2.96. The van der Waals surface area contributed by atoms with Gasteiger partial charge in [0.25, 0.3) is 0 Å². The van der Waals surface area contributed by atoms with Gasteiger partial charge in [0.05, 0.1) is 12.6 Å². The first-order chi connectivity index (χ1) is 10.5. The van der Waals surface area contributed by atoms with Crippen LogP contribution in [0.15, 0.2) is 28.7 Å². The first kappa shape index (κ1) is 17.4. The van der Waals surface area contributed by atoms with Gasteiger partial charge in [-0.2, -0.15) is 0 Å². The lowest BCUT2D eigenvalue weighted by Gasteiger charge is -2.33. The van der Waals surface area contributed by atoms with Gasteiger partial charge < -0.3 is 11.1 Å². The van der Waals surface area contributed by atoms with Crippen LogP contribution in [0.5, 0.6) is 0 Å². The maximum Gasteiger partial charge on any atom is 0.234 e. The zero-order chi connectivity index (χ0) is 16.1. The Hall–Kier alpha value is -0.910. The number of carbonyl (C=O) groups is 1. The van der Waals surface area contributed by atoms with Gasteiger partial charge in [-0.3, -0.25) is 9.69 Å². The average molecular weight is 368 g/mol. The number of carbonyl (C=O) groups excluding carboxylic acids is 1. The molecule has 1 aromatic carbocycles. The second-order valence-corrected chi connectivity index (χ2v) is 7.23. The Morgan fingerprint density at radius 3 is 2.45 bits per heavy atom. The lowest BCUT2D eigenvalue weighted by atomic mass is 9.91. The summed E-state index contributed by atoms with van der Waals surface area (Å²) in [6.45, 7) is 6.50. The van der Waals surface area contributed by atoms with Gasteiger partial charge >= 0.3 is 0 Å². The van der Waals surface area contributed by atoms with Crippen LogP contribution in [-0.4, -0.2) is 36.5 Å². The van der Waals surface area contributed by atoms with Gasteiger partial charge in [0.15, 0.2) is 0 Å². The van der Waals surface area contributed by atoms with Gasteiger partial charge in [-0.1, -0.05) is 28.1 Å². The largest absolute Gasteiger partial charge is 0.348 e. The standard InChI is InChI=1S/C17H26BrN3O/c1-12(19)14-7-9-21(10-8-14)11-17(22)20-13(2)15-3-5-16(18)6-4-15/h3-6,12-14H,7-11,19H2,1-2H3,(H,20,22). The van der Waals surface area contributed by atoms with Crippen molar-refractivity contribution in [2.45, 2.75) is 38.8 Å². The fraction of sp³-hybridized carbons (Fsp3) is 0.588. The first-order valence-corrected chi connectivity index (χ1v) is 8.77. The summed E-state index contributed by atoms with van der Waals surface area (Å²) in [6, 6.07) is 8.34. The van der Waals surface area contributed by atoms with Gasteiger partial charge in [-0.05, 0) is 63.4 Å². The van der Waals surface area contributed by atoms with E-state index in [1.165, 1.54) is 0 Å². The average Bonchev–Trinajstić information content (AvgIpc) is 2.48. The third kappa shape index (κ3) is 5.07. The third-order valence-electron chi connectivity index (χ3n) is 4.49. The first-order valence-electron chi connectivity index (χ1n) is 7.98. The number of nitrogens with zero attached hydrogens (tertiary/aromatic N) is 1. The predicted octanol–water partition coefficient (Wildman–Crippen LogP) is 2.69. The maximum absolute atomic E-state index is 12.2. The minimum absolute atomic E-state index is 0.0298. The van der Waals surface area contributed by atoms with Crippen molar-refractivity contribution in [3.05, 3.63) is 34.3 Å². The van der Waals surface area contributed by atoms with E-state index in [0.717, 1.165) is 36.0 Å².